The second-order valence-electron chi connectivity index (χ2n) is 7.53. The molecular formula is C19H28N2O3S. The molecule has 1 aliphatic carbocycles. The lowest BCUT2D eigenvalue weighted by Gasteiger charge is -2.51. The summed E-state index contributed by atoms with van der Waals surface area (Å²) >= 11 is 0. The van der Waals surface area contributed by atoms with E-state index >= 15 is 0 Å². The van der Waals surface area contributed by atoms with Crippen LogP contribution in [-0.4, -0.2) is 34.7 Å². The first-order valence-electron chi connectivity index (χ1n) is 9.07. The van der Waals surface area contributed by atoms with E-state index in [1.54, 1.807) is 7.05 Å². The zero-order chi connectivity index (χ0) is 18.1. The summed E-state index contributed by atoms with van der Waals surface area (Å²) in [5, 5.41) is 3.08. The number of carbonyl (C=O) groups is 1. The van der Waals surface area contributed by atoms with Gasteiger partial charge in [-0.25, -0.2) is 13.4 Å². The largest absolute Gasteiger partial charge is 0.446 e. The lowest BCUT2D eigenvalue weighted by Crippen LogP contribution is -2.67. The highest BCUT2D eigenvalue weighted by Crippen LogP contribution is 2.43. The Morgan fingerprint density at radius 3 is 2.68 bits per heavy atom. The molecule has 1 saturated carbocycles. The van der Waals surface area contributed by atoms with Crippen molar-refractivity contribution in [2.45, 2.75) is 56.1 Å². The molecule has 1 unspecified atom stereocenters. The maximum Gasteiger partial charge on any atom is 0.407 e. The van der Waals surface area contributed by atoms with E-state index in [1.807, 2.05) is 30.3 Å². The second kappa shape index (κ2) is 6.98. The molecule has 1 amide bonds. The van der Waals surface area contributed by atoms with Crippen LogP contribution in [0.15, 0.2) is 39.6 Å². The van der Waals surface area contributed by atoms with Gasteiger partial charge in [0.1, 0.15) is 6.10 Å². The molecule has 5 nitrogen and oxygen atoms in total. The van der Waals surface area contributed by atoms with Crippen LogP contribution in [0.3, 0.4) is 0 Å². The topological polar surface area (TPSA) is 67.8 Å². The molecule has 1 heterocycles. The van der Waals surface area contributed by atoms with Gasteiger partial charge in [0.05, 0.1) is 21.0 Å². The van der Waals surface area contributed by atoms with Crippen molar-refractivity contribution in [2.24, 2.45) is 16.2 Å². The summed E-state index contributed by atoms with van der Waals surface area (Å²) in [5.74, 6) is 0.758. The van der Waals surface area contributed by atoms with Gasteiger partial charge in [-0.1, -0.05) is 44.9 Å². The number of ether oxygens (including phenoxy) is 1. The van der Waals surface area contributed by atoms with Gasteiger partial charge in [0, 0.05) is 17.9 Å². The first-order chi connectivity index (χ1) is 11.9. The zero-order valence-electron chi connectivity index (χ0n) is 15.2. The molecule has 6 heteroatoms. The molecule has 2 fully saturated rings. The molecule has 0 aromatic heterocycles. The number of benzene rings is 1. The highest BCUT2D eigenvalue weighted by Gasteiger charge is 2.53. The number of alkyl carbamates (subject to hydrolysis) is 1. The van der Waals surface area contributed by atoms with Crippen molar-refractivity contribution >= 4 is 15.8 Å². The number of hydrogen-bond acceptors (Lipinski definition) is 4. The number of amides is 1. The van der Waals surface area contributed by atoms with Gasteiger partial charge in [-0.05, 0) is 30.9 Å². The quantitative estimate of drug-likeness (QED) is 0.883. The number of rotatable bonds is 4. The Kier molecular flexibility index (Phi) is 5.09. The Labute approximate surface area is 150 Å². The van der Waals surface area contributed by atoms with Crippen LogP contribution in [0.1, 0.15) is 39.5 Å². The van der Waals surface area contributed by atoms with Gasteiger partial charge >= 0.3 is 6.09 Å². The molecular weight excluding hydrogens is 336 g/mol. The van der Waals surface area contributed by atoms with E-state index in [-0.39, 0.29) is 24.0 Å². The minimum Gasteiger partial charge on any atom is -0.446 e. The lowest BCUT2D eigenvalue weighted by molar-refractivity contribution is -0.0520. The van der Waals surface area contributed by atoms with Crippen LogP contribution in [0.5, 0.6) is 0 Å². The molecule has 25 heavy (non-hydrogen) atoms. The summed E-state index contributed by atoms with van der Waals surface area (Å²) in [5.41, 5.74) is -0.505. The highest BCUT2D eigenvalue weighted by atomic mass is 32.2. The number of fused-ring (bicyclic) bond motifs is 1. The molecule has 1 aliphatic heterocycles. The third-order valence-corrected chi connectivity index (χ3v) is 8.11. The smallest absolute Gasteiger partial charge is 0.407 e. The van der Waals surface area contributed by atoms with Gasteiger partial charge in [-0.15, -0.1) is 0 Å². The van der Waals surface area contributed by atoms with Crippen LogP contribution in [0, 0.1) is 11.8 Å². The average Bonchev–Trinajstić information content (AvgIpc) is 2.61. The fraction of sp³-hybridized carbons (Fsp3) is 0.632. The number of nitrogens with zero attached hydrogens (tertiary/aromatic N) is 1. The number of carbonyl (C=O) groups excluding carboxylic acids is 1. The molecule has 0 spiro atoms. The fourth-order valence-electron chi connectivity index (χ4n) is 4.39. The van der Waals surface area contributed by atoms with Crippen LogP contribution < -0.4 is 5.32 Å². The van der Waals surface area contributed by atoms with Gasteiger partial charge in [0.25, 0.3) is 0 Å². The van der Waals surface area contributed by atoms with Crippen LogP contribution in [0.2, 0.25) is 0 Å². The molecule has 2 aliphatic rings. The summed E-state index contributed by atoms with van der Waals surface area (Å²) in [7, 11) is -0.987. The van der Waals surface area contributed by atoms with E-state index in [0.717, 1.165) is 30.6 Å². The summed E-state index contributed by atoms with van der Waals surface area (Å²) in [6, 6.07) is 9.41. The monoisotopic (exact) mass is 364 g/mol. The molecule has 0 bridgehead atoms. The maximum absolute atomic E-state index is 13.7. The van der Waals surface area contributed by atoms with Gasteiger partial charge in [0.15, 0.2) is 0 Å². The average molecular weight is 365 g/mol. The van der Waals surface area contributed by atoms with Gasteiger partial charge in [0.2, 0.25) is 0 Å². The first-order valence-corrected chi connectivity index (χ1v) is 10.8. The number of nitrogens with one attached hydrogen (secondary N) is 1. The van der Waals surface area contributed by atoms with Crippen LogP contribution in [0.4, 0.5) is 4.79 Å². The molecule has 0 radical (unpaired) electrons. The molecule has 1 aromatic rings. The van der Waals surface area contributed by atoms with Crippen LogP contribution >= 0.6 is 0 Å². The van der Waals surface area contributed by atoms with Crippen molar-refractivity contribution in [3.63, 3.8) is 0 Å². The minimum absolute atomic E-state index is 0.134. The Morgan fingerprint density at radius 1 is 1.32 bits per heavy atom. The molecule has 1 N–H and O–H groups in total. The van der Waals surface area contributed by atoms with E-state index in [0.29, 0.717) is 5.75 Å². The van der Waals surface area contributed by atoms with E-state index in [4.69, 9.17) is 4.74 Å². The van der Waals surface area contributed by atoms with Crippen molar-refractivity contribution in [3.05, 3.63) is 30.3 Å². The number of cyclic esters (lactones) is 1. The van der Waals surface area contributed by atoms with Gasteiger partial charge < -0.3 is 10.1 Å². The summed E-state index contributed by atoms with van der Waals surface area (Å²) in [6.45, 7) is 4.17. The third-order valence-electron chi connectivity index (χ3n) is 5.61. The maximum atomic E-state index is 13.7. The standard InChI is InChI=1S/C19H28N2O3S/c1-14(2)17-16-11-7-8-12-19(16,21-18(22)24-17)13-25(23,20-3)15-9-5-4-6-10-15/h4-6,9-10,14,16-17H,7-8,11-13H2,1-3H3,(H,21,22)/t16-,17-,19+,25?/m0/s1. The predicted molar refractivity (Wildman–Crippen MR) is 99.0 cm³/mol. The Balaban J connectivity index is 2.02. The lowest BCUT2D eigenvalue weighted by atomic mass is 9.68. The molecule has 3 rings (SSSR count). The van der Waals surface area contributed by atoms with E-state index in [1.165, 1.54) is 0 Å². The van der Waals surface area contributed by atoms with E-state index in [9.17, 15) is 9.00 Å². The predicted octanol–water partition coefficient (Wildman–Crippen LogP) is 3.84. The summed E-state index contributed by atoms with van der Waals surface area (Å²) in [6.07, 6.45) is 3.43. The second-order valence-corrected chi connectivity index (χ2v) is 9.93. The van der Waals surface area contributed by atoms with Crippen LogP contribution in [-0.2, 0) is 14.5 Å². The minimum atomic E-state index is -2.60. The summed E-state index contributed by atoms with van der Waals surface area (Å²) in [4.78, 5) is 13.0. The van der Waals surface area contributed by atoms with Gasteiger partial charge in [-0.2, -0.15) is 0 Å². The molecule has 4 atom stereocenters. The van der Waals surface area contributed by atoms with Crippen molar-refractivity contribution in [3.8, 4) is 0 Å². The first kappa shape index (κ1) is 18.2. The van der Waals surface area contributed by atoms with Crippen molar-refractivity contribution in [1.29, 1.82) is 0 Å². The van der Waals surface area contributed by atoms with Crippen molar-refractivity contribution in [2.75, 3.05) is 12.8 Å². The molecule has 138 valence electrons. The SMILES string of the molecule is CN=S(=O)(C[C@]12CCCC[C@H]1[C@H](C(C)C)OC(=O)N2)c1ccccc1. The molecule has 1 aromatic carbocycles. The van der Waals surface area contributed by atoms with E-state index < -0.39 is 15.3 Å². The normalized spacial score (nSPS) is 31.4. The Hall–Kier alpha value is -1.56. The Morgan fingerprint density at radius 2 is 2.04 bits per heavy atom. The van der Waals surface area contributed by atoms with Gasteiger partial charge in [-0.3, -0.25) is 0 Å². The van der Waals surface area contributed by atoms with Crippen molar-refractivity contribution < 1.29 is 13.7 Å². The summed E-state index contributed by atoms with van der Waals surface area (Å²) < 4.78 is 23.6. The molecule has 1 saturated heterocycles. The van der Waals surface area contributed by atoms with Crippen LogP contribution in [0.25, 0.3) is 0 Å². The third kappa shape index (κ3) is 3.41. The Bertz CT molecular complexity index is 740. The van der Waals surface area contributed by atoms with Crippen molar-refractivity contribution in [1.82, 2.24) is 5.32 Å². The number of hydrogen-bond donors (Lipinski definition) is 1. The zero-order valence-corrected chi connectivity index (χ0v) is 16.1. The fourth-order valence-corrected chi connectivity index (χ4v) is 6.61. The van der Waals surface area contributed by atoms with E-state index in [2.05, 4.69) is 23.5 Å². The highest BCUT2D eigenvalue weighted by molar-refractivity contribution is 7.93.